The Balaban J connectivity index is 0.00000200. The van der Waals surface area contributed by atoms with Gasteiger partial charge in [0.15, 0.2) is 0 Å². The van der Waals surface area contributed by atoms with Gasteiger partial charge in [-0.1, -0.05) is 0 Å². The van der Waals surface area contributed by atoms with E-state index in [1.807, 2.05) is 0 Å². The van der Waals surface area contributed by atoms with E-state index in [4.69, 9.17) is 0 Å². The largest absolute Gasteiger partial charge is 0.336 e. The number of nitrogens with one attached hydrogen (secondary N) is 1. The lowest BCUT2D eigenvalue weighted by atomic mass is 10.1. The molecule has 1 aromatic rings. The Hall–Kier alpha value is -1.73. The summed E-state index contributed by atoms with van der Waals surface area (Å²) in [7, 11) is 0. The number of nitrogens with zero attached hydrogens (tertiary/aromatic N) is 2. The van der Waals surface area contributed by atoms with Crippen molar-refractivity contribution < 1.29 is 14.1 Å². The summed E-state index contributed by atoms with van der Waals surface area (Å²) >= 11 is 0. The number of carbonyl (C=O) groups excluding carboxylic acids is 1. The van der Waals surface area contributed by atoms with Crippen LogP contribution in [0.25, 0.3) is 0 Å². The Morgan fingerprint density at radius 3 is 2.55 bits per heavy atom. The molecule has 1 fully saturated rings. The highest BCUT2D eigenvalue weighted by Crippen LogP contribution is 2.26. The average molecular weight is 304 g/mol. The molecule has 1 aromatic carbocycles. The molecular weight excluding hydrogens is 289 g/mol. The normalized spacial score (nSPS) is 14.6. The summed E-state index contributed by atoms with van der Waals surface area (Å²) in [6.07, 6.45) is 0. The Labute approximate surface area is 121 Å². The molecular formula is C12H15ClFN3O3. The molecule has 20 heavy (non-hydrogen) atoms. The van der Waals surface area contributed by atoms with E-state index >= 15 is 0 Å². The van der Waals surface area contributed by atoms with Gasteiger partial charge < -0.3 is 10.2 Å². The number of nitro groups is 1. The standard InChI is InChI=1S/C12H14FN3O3.ClH/c1-8-6-9(13)7-10(11(8)16(18)19)12(17)15-4-2-14-3-5-15;/h6-7,14H,2-5H2,1H3;1H. The summed E-state index contributed by atoms with van der Waals surface area (Å²) < 4.78 is 13.4. The molecule has 0 aliphatic carbocycles. The Bertz CT molecular complexity index is 533. The number of halogens is 2. The average Bonchev–Trinajstić information content (AvgIpc) is 2.37. The first-order chi connectivity index (χ1) is 9.00. The second-order valence-corrected chi connectivity index (χ2v) is 4.42. The molecule has 0 atom stereocenters. The SMILES string of the molecule is Cc1cc(F)cc(C(=O)N2CCNCC2)c1[N+](=O)[O-].Cl. The lowest BCUT2D eigenvalue weighted by Crippen LogP contribution is -2.46. The van der Waals surface area contributed by atoms with Crippen molar-refractivity contribution in [2.45, 2.75) is 6.92 Å². The third-order valence-electron chi connectivity index (χ3n) is 3.08. The molecule has 0 aromatic heterocycles. The van der Waals surface area contributed by atoms with Crippen LogP contribution in [0.4, 0.5) is 10.1 Å². The monoisotopic (exact) mass is 303 g/mol. The molecule has 0 bridgehead atoms. The van der Waals surface area contributed by atoms with Crippen LogP contribution in [0.2, 0.25) is 0 Å². The molecule has 1 amide bonds. The van der Waals surface area contributed by atoms with Gasteiger partial charge in [-0.3, -0.25) is 14.9 Å². The van der Waals surface area contributed by atoms with Crippen LogP contribution in [-0.2, 0) is 0 Å². The highest BCUT2D eigenvalue weighted by molar-refractivity contribution is 5.98. The van der Waals surface area contributed by atoms with Crippen molar-refractivity contribution in [3.8, 4) is 0 Å². The van der Waals surface area contributed by atoms with Gasteiger partial charge in [-0.05, 0) is 19.1 Å². The topological polar surface area (TPSA) is 75.5 Å². The number of hydrogen-bond acceptors (Lipinski definition) is 4. The van der Waals surface area contributed by atoms with Crippen LogP contribution >= 0.6 is 12.4 Å². The molecule has 2 rings (SSSR count). The number of aryl methyl sites for hydroxylation is 1. The quantitative estimate of drug-likeness (QED) is 0.664. The van der Waals surface area contributed by atoms with Crippen LogP contribution in [-0.4, -0.2) is 41.9 Å². The second kappa shape index (κ2) is 6.62. The lowest BCUT2D eigenvalue weighted by Gasteiger charge is -2.27. The van der Waals surface area contributed by atoms with Crippen molar-refractivity contribution in [2.75, 3.05) is 26.2 Å². The summed E-state index contributed by atoms with van der Waals surface area (Å²) in [5.41, 5.74) is -0.335. The van der Waals surface area contributed by atoms with Gasteiger partial charge in [0.1, 0.15) is 11.4 Å². The van der Waals surface area contributed by atoms with Crippen molar-refractivity contribution in [3.05, 3.63) is 39.2 Å². The lowest BCUT2D eigenvalue weighted by molar-refractivity contribution is -0.385. The van der Waals surface area contributed by atoms with E-state index in [1.54, 1.807) is 0 Å². The van der Waals surface area contributed by atoms with Crippen LogP contribution in [0.5, 0.6) is 0 Å². The minimum atomic E-state index is -0.637. The van der Waals surface area contributed by atoms with Crippen molar-refractivity contribution in [3.63, 3.8) is 0 Å². The van der Waals surface area contributed by atoms with Crippen LogP contribution < -0.4 is 5.32 Å². The van der Waals surface area contributed by atoms with Crippen molar-refractivity contribution in [1.82, 2.24) is 10.2 Å². The molecule has 1 aliphatic rings. The molecule has 0 saturated carbocycles. The van der Waals surface area contributed by atoms with E-state index < -0.39 is 16.6 Å². The summed E-state index contributed by atoms with van der Waals surface area (Å²) in [5.74, 6) is -1.13. The van der Waals surface area contributed by atoms with E-state index in [9.17, 15) is 19.3 Å². The Morgan fingerprint density at radius 2 is 2.00 bits per heavy atom. The number of hydrogen-bond donors (Lipinski definition) is 1. The molecule has 1 saturated heterocycles. The maximum atomic E-state index is 13.4. The number of amides is 1. The first kappa shape index (κ1) is 16.3. The van der Waals surface area contributed by atoms with Gasteiger partial charge in [-0.25, -0.2) is 4.39 Å². The number of rotatable bonds is 2. The zero-order valence-electron chi connectivity index (χ0n) is 10.9. The van der Waals surface area contributed by atoms with E-state index in [2.05, 4.69) is 5.32 Å². The fourth-order valence-corrected chi connectivity index (χ4v) is 2.18. The highest BCUT2D eigenvalue weighted by Gasteiger charge is 2.28. The number of nitro benzene ring substituents is 1. The summed E-state index contributed by atoms with van der Waals surface area (Å²) in [5, 5.41) is 14.1. The fraction of sp³-hybridized carbons (Fsp3) is 0.417. The van der Waals surface area contributed by atoms with E-state index in [-0.39, 0.29) is 29.2 Å². The van der Waals surface area contributed by atoms with Gasteiger partial charge in [0, 0.05) is 31.7 Å². The minimum Gasteiger partial charge on any atom is -0.336 e. The Morgan fingerprint density at radius 1 is 1.40 bits per heavy atom. The predicted molar refractivity (Wildman–Crippen MR) is 73.8 cm³/mol. The van der Waals surface area contributed by atoms with Gasteiger partial charge >= 0.3 is 0 Å². The third-order valence-corrected chi connectivity index (χ3v) is 3.08. The van der Waals surface area contributed by atoms with Crippen molar-refractivity contribution in [1.29, 1.82) is 0 Å². The Kier molecular flexibility index (Phi) is 5.41. The molecule has 8 heteroatoms. The van der Waals surface area contributed by atoms with E-state index in [1.165, 1.54) is 11.8 Å². The molecule has 0 unspecified atom stereocenters. The number of carbonyl (C=O) groups is 1. The van der Waals surface area contributed by atoms with Crippen LogP contribution in [0.3, 0.4) is 0 Å². The molecule has 0 spiro atoms. The van der Waals surface area contributed by atoms with Gasteiger partial charge in [0.2, 0.25) is 0 Å². The highest BCUT2D eigenvalue weighted by atomic mass is 35.5. The van der Waals surface area contributed by atoms with Gasteiger partial charge in [-0.15, -0.1) is 12.4 Å². The van der Waals surface area contributed by atoms with Gasteiger partial charge in [0.25, 0.3) is 11.6 Å². The molecule has 0 radical (unpaired) electrons. The van der Waals surface area contributed by atoms with Crippen LogP contribution in [0.1, 0.15) is 15.9 Å². The van der Waals surface area contributed by atoms with Crippen LogP contribution in [0.15, 0.2) is 12.1 Å². The fourth-order valence-electron chi connectivity index (χ4n) is 2.18. The first-order valence-corrected chi connectivity index (χ1v) is 5.95. The summed E-state index contributed by atoms with van der Waals surface area (Å²) in [6, 6.07) is 2.00. The number of benzene rings is 1. The second-order valence-electron chi connectivity index (χ2n) is 4.42. The predicted octanol–water partition coefficient (Wildman–Crippen LogP) is 1.51. The first-order valence-electron chi connectivity index (χ1n) is 5.95. The van der Waals surface area contributed by atoms with Crippen molar-refractivity contribution >= 4 is 24.0 Å². The molecule has 1 N–H and O–H groups in total. The van der Waals surface area contributed by atoms with Crippen molar-refractivity contribution in [2.24, 2.45) is 0 Å². The molecule has 1 heterocycles. The maximum Gasteiger partial charge on any atom is 0.285 e. The smallest absolute Gasteiger partial charge is 0.285 e. The summed E-state index contributed by atoms with van der Waals surface area (Å²) in [4.78, 5) is 24.2. The van der Waals surface area contributed by atoms with Gasteiger partial charge in [0.05, 0.1) is 4.92 Å². The zero-order valence-corrected chi connectivity index (χ0v) is 11.7. The minimum absolute atomic E-state index is 0. The van der Waals surface area contributed by atoms with Crippen LogP contribution in [0, 0.1) is 22.9 Å². The van der Waals surface area contributed by atoms with E-state index in [0.717, 1.165) is 12.1 Å². The molecule has 6 nitrogen and oxygen atoms in total. The molecule has 110 valence electrons. The maximum absolute atomic E-state index is 13.4. The zero-order chi connectivity index (χ0) is 14.0. The molecule has 1 aliphatic heterocycles. The summed E-state index contributed by atoms with van der Waals surface area (Å²) in [6.45, 7) is 3.62. The van der Waals surface area contributed by atoms with Gasteiger partial charge in [-0.2, -0.15) is 0 Å². The van der Waals surface area contributed by atoms with E-state index in [0.29, 0.717) is 26.2 Å². The third kappa shape index (κ3) is 3.23. The number of piperazine rings is 1.